The zero-order valence-electron chi connectivity index (χ0n) is 15.0. The molecule has 29 heavy (non-hydrogen) atoms. The monoisotopic (exact) mass is 512 g/mol. The first-order chi connectivity index (χ1) is 14.2. The Labute approximate surface area is 184 Å². The minimum Gasteiger partial charge on any atom is -0.339 e. The van der Waals surface area contributed by atoms with Gasteiger partial charge in [-0.05, 0) is 58.5 Å². The summed E-state index contributed by atoms with van der Waals surface area (Å²) in [5, 5.41) is 5.57. The van der Waals surface area contributed by atoms with E-state index in [1.165, 1.54) is 12.1 Å². The van der Waals surface area contributed by atoms with E-state index in [-0.39, 0.29) is 5.82 Å². The SMILES string of the molecule is Fc1ccc(Nc2c(-c3ccncc3I)nc3scc(-c4ccccc4)n23)cc1. The summed E-state index contributed by atoms with van der Waals surface area (Å²) in [4.78, 5) is 10.0. The largest absolute Gasteiger partial charge is 0.339 e. The van der Waals surface area contributed by atoms with Crippen molar-refractivity contribution in [1.29, 1.82) is 0 Å². The van der Waals surface area contributed by atoms with E-state index >= 15 is 0 Å². The third-order valence-electron chi connectivity index (χ3n) is 4.57. The Balaban J connectivity index is 1.75. The molecule has 0 aliphatic rings. The highest BCUT2D eigenvalue weighted by Gasteiger charge is 2.20. The fraction of sp³-hybridized carbons (Fsp3) is 0. The maximum absolute atomic E-state index is 13.4. The minimum atomic E-state index is -0.265. The molecule has 0 saturated heterocycles. The zero-order chi connectivity index (χ0) is 19.8. The number of benzene rings is 2. The summed E-state index contributed by atoms with van der Waals surface area (Å²) in [7, 11) is 0. The predicted molar refractivity (Wildman–Crippen MR) is 124 cm³/mol. The van der Waals surface area contributed by atoms with Crippen molar-refractivity contribution in [3.63, 3.8) is 0 Å². The Bertz CT molecular complexity index is 1300. The Morgan fingerprint density at radius 3 is 2.55 bits per heavy atom. The summed E-state index contributed by atoms with van der Waals surface area (Å²) in [5.74, 6) is 0.578. The number of hydrogen-bond acceptors (Lipinski definition) is 4. The van der Waals surface area contributed by atoms with Gasteiger partial charge >= 0.3 is 0 Å². The number of nitrogens with zero attached hydrogens (tertiary/aromatic N) is 3. The van der Waals surface area contributed by atoms with Crippen molar-refractivity contribution >= 4 is 50.4 Å². The quantitative estimate of drug-likeness (QED) is 0.276. The van der Waals surface area contributed by atoms with E-state index < -0.39 is 0 Å². The van der Waals surface area contributed by atoms with Gasteiger partial charge in [0.25, 0.3) is 0 Å². The molecule has 0 aliphatic heterocycles. The normalized spacial score (nSPS) is 11.1. The molecule has 0 spiro atoms. The molecule has 5 rings (SSSR count). The molecule has 0 radical (unpaired) electrons. The number of pyridine rings is 1. The maximum atomic E-state index is 13.4. The first-order valence-electron chi connectivity index (χ1n) is 8.88. The number of aromatic nitrogens is 3. The lowest BCUT2D eigenvalue weighted by atomic mass is 10.1. The molecule has 2 aromatic carbocycles. The first kappa shape index (κ1) is 18.3. The van der Waals surface area contributed by atoms with E-state index in [0.717, 1.165) is 42.6 Å². The van der Waals surface area contributed by atoms with Crippen LogP contribution in [0.25, 0.3) is 27.5 Å². The van der Waals surface area contributed by atoms with E-state index in [1.807, 2.05) is 30.5 Å². The van der Waals surface area contributed by atoms with Gasteiger partial charge in [0.15, 0.2) is 4.96 Å². The molecule has 142 valence electrons. The fourth-order valence-corrected chi connectivity index (χ4v) is 4.70. The molecule has 0 atom stereocenters. The lowest BCUT2D eigenvalue weighted by molar-refractivity contribution is 0.628. The van der Waals surface area contributed by atoms with Crippen LogP contribution in [0.3, 0.4) is 0 Å². The van der Waals surface area contributed by atoms with Gasteiger partial charge in [0, 0.05) is 32.6 Å². The van der Waals surface area contributed by atoms with E-state index in [9.17, 15) is 4.39 Å². The number of rotatable bonds is 4. The summed E-state index contributed by atoms with van der Waals surface area (Å²) in [5.41, 5.74) is 4.79. The van der Waals surface area contributed by atoms with E-state index in [1.54, 1.807) is 29.7 Å². The van der Waals surface area contributed by atoms with Crippen molar-refractivity contribution in [3.05, 3.63) is 87.8 Å². The second-order valence-corrected chi connectivity index (χ2v) is 8.40. The Hall–Kier alpha value is -2.78. The van der Waals surface area contributed by atoms with Crippen LogP contribution >= 0.6 is 33.9 Å². The second-order valence-electron chi connectivity index (χ2n) is 6.40. The van der Waals surface area contributed by atoms with Crippen LogP contribution in [0.15, 0.2) is 78.4 Å². The first-order valence-corrected chi connectivity index (χ1v) is 10.8. The zero-order valence-corrected chi connectivity index (χ0v) is 18.0. The number of imidazole rings is 1. The average Bonchev–Trinajstić information content (AvgIpc) is 3.31. The summed E-state index contributed by atoms with van der Waals surface area (Å²) in [6, 6.07) is 18.5. The van der Waals surface area contributed by atoms with Crippen molar-refractivity contribution < 1.29 is 4.39 Å². The summed E-state index contributed by atoms with van der Waals surface area (Å²) in [6.45, 7) is 0. The number of fused-ring (bicyclic) bond motifs is 1. The Morgan fingerprint density at radius 1 is 1.00 bits per heavy atom. The topological polar surface area (TPSA) is 42.2 Å². The second kappa shape index (κ2) is 7.57. The molecule has 3 aromatic heterocycles. The van der Waals surface area contributed by atoms with Gasteiger partial charge in [0.1, 0.15) is 17.3 Å². The van der Waals surface area contributed by atoms with Gasteiger partial charge in [-0.2, -0.15) is 0 Å². The molecule has 5 aromatic rings. The van der Waals surface area contributed by atoms with Crippen molar-refractivity contribution in [3.8, 4) is 22.5 Å². The average molecular weight is 512 g/mol. The molecule has 0 bridgehead atoms. The smallest absolute Gasteiger partial charge is 0.196 e. The molecule has 0 unspecified atom stereocenters. The highest BCUT2D eigenvalue weighted by Crippen LogP contribution is 2.38. The molecule has 7 heteroatoms. The standard InChI is InChI=1S/C22H14FIN4S/c23-15-6-8-16(9-7-15)26-21-20(17-10-11-25-12-18(17)24)27-22-28(21)19(13-29-22)14-4-2-1-3-5-14/h1-13,26H. The molecule has 4 nitrogen and oxygen atoms in total. The van der Waals surface area contributed by atoms with Gasteiger partial charge in [-0.15, -0.1) is 11.3 Å². The van der Waals surface area contributed by atoms with Crippen LogP contribution in [0.1, 0.15) is 0 Å². The summed E-state index contributed by atoms with van der Waals surface area (Å²) < 4.78 is 16.5. The summed E-state index contributed by atoms with van der Waals surface area (Å²) in [6.07, 6.45) is 3.59. The summed E-state index contributed by atoms with van der Waals surface area (Å²) >= 11 is 3.86. The van der Waals surface area contributed by atoms with Crippen molar-refractivity contribution in [2.75, 3.05) is 5.32 Å². The molecular weight excluding hydrogens is 498 g/mol. The van der Waals surface area contributed by atoms with Gasteiger partial charge in [-0.25, -0.2) is 9.37 Å². The minimum absolute atomic E-state index is 0.265. The van der Waals surface area contributed by atoms with Gasteiger partial charge in [-0.3, -0.25) is 9.38 Å². The van der Waals surface area contributed by atoms with E-state index in [0.29, 0.717) is 0 Å². The van der Waals surface area contributed by atoms with Crippen LogP contribution < -0.4 is 5.32 Å². The number of thiazole rings is 1. The van der Waals surface area contributed by atoms with Crippen LogP contribution in [0.4, 0.5) is 15.9 Å². The highest BCUT2D eigenvalue weighted by molar-refractivity contribution is 14.1. The maximum Gasteiger partial charge on any atom is 0.196 e. The third kappa shape index (κ3) is 3.40. The van der Waals surface area contributed by atoms with Gasteiger partial charge in [0.2, 0.25) is 0 Å². The van der Waals surface area contributed by atoms with E-state index in [4.69, 9.17) is 4.98 Å². The number of nitrogens with one attached hydrogen (secondary N) is 1. The van der Waals surface area contributed by atoms with Gasteiger partial charge in [0.05, 0.1) is 5.69 Å². The number of hydrogen-bond donors (Lipinski definition) is 1. The van der Waals surface area contributed by atoms with Crippen molar-refractivity contribution in [2.45, 2.75) is 0 Å². The van der Waals surface area contributed by atoms with Crippen molar-refractivity contribution in [1.82, 2.24) is 14.4 Å². The lowest BCUT2D eigenvalue weighted by Crippen LogP contribution is -1.99. The van der Waals surface area contributed by atoms with Crippen LogP contribution in [0.5, 0.6) is 0 Å². The fourth-order valence-electron chi connectivity index (χ4n) is 3.21. The molecular formula is C22H14FIN4S. The molecule has 3 heterocycles. The molecule has 0 aliphatic carbocycles. The molecule has 0 saturated carbocycles. The molecule has 0 amide bonds. The van der Waals surface area contributed by atoms with E-state index in [2.05, 4.69) is 54.8 Å². The number of anilines is 2. The van der Waals surface area contributed by atoms with Gasteiger partial charge in [-0.1, -0.05) is 30.3 Å². The lowest BCUT2D eigenvalue weighted by Gasteiger charge is -2.11. The number of halogens is 2. The van der Waals surface area contributed by atoms with Crippen LogP contribution in [-0.2, 0) is 0 Å². The van der Waals surface area contributed by atoms with Crippen LogP contribution in [0, 0.1) is 9.39 Å². The van der Waals surface area contributed by atoms with Crippen LogP contribution in [0.2, 0.25) is 0 Å². The van der Waals surface area contributed by atoms with Crippen molar-refractivity contribution in [2.24, 2.45) is 0 Å². The molecule has 0 fully saturated rings. The third-order valence-corrected chi connectivity index (χ3v) is 6.25. The highest BCUT2D eigenvalue weighted by atomic mass is 127. The Morgan fingerprint density at radius 2 is 1.79 bits per heavy atom. The molecule has 1 N–H and O–H groups in total. The predicted octanol–water partition coefficient (Wildman–Crippen LogP) is 6.61. The Kier molecular flexibility index (Phi) is 4.76. The van der Waals surface area contributed by atoms with Gasteiger partial charge < -0.3 is 5.32 Å². The van der Waals surface area contributed by atoms with Crippen LogP contribution in [-0.4, -0.2) is 14.4 Å².